The minimum absolute atomic E-state index is 0.476. The molecule has 3 aromatic carbocycles. The Morgan fingerprint density at radius 2 is 0.678 bits per heavy atom. The molecule has 0 radical (unpaired) electrons. The molecular formula is C54H87O4P. The number of aryl methyl sites for hydroxylation is 4. The molecule has 0 fully saturated rings. The predicted molar refractivity (Wildman–Crippen MR) is 256 cm³/mol. The van der Waals surface area contributed by atoms with Gasteiger partial charge >= 0.3 is 7.82 Å². The molecule has 0 spiro atoms. The largest absolute Gasteiger partial charge is 0.647 e. The standard InChI is InChI=1S/C54H87O4P/c1-5-9-13-17-21-25-30-36-48-42-44-53(50(46-48)38-32-27-23-19-15-11-7-3)57-59(55,56-52-40-34-29-35-41-52)58-54-45-43-49(37-31-26-22-18-14-10-6-2)47-51(54)39-33-28-24-20-16-12-8-4/h29,34-35,40-47H,5-28,30-33,36-39H2,1-4H3. The van der Waals surface area contributed by atoms with Crippen LogP contribution in [0.4, 0.5) is 0 Å². The van der Waals surface area contributed by atoms with Crippen LogP contribution in [0.5, 0.6) is 17.2 Å². The lowest BCUT2D eigenvalue weighted by molar-refractivity contribution is 0.296. The van der Waals surface area contributed by atoms with Crippen LogP contribution < -0.4 is 13.6 Å². The number of hydrogen-bond acceptors (Lipinski definition) is 4. The number of unbranched alkanes of at least 4 members (excludes halogenated alkanes) is 24. The van der Waals surface area contributed by atoms with Crippen molar-refractivity contribution in [1.82, 2.24) is 0 Å². The summed E-state index contributed by atoms with van der Waals surface area (Å²) in [6.07, 6.45) is 39.5. The van der Waals surface area contributed by atoms with Crippen molar-refractivity contribution < 1.29 is 18.1 Å². The average molecular weight is 831 g/mol. The molecule has 0 aliphatic heterocycles. The second kappa shape index (κ2) is 33.0. The van der Waals surface area contributed by atoms with Crippen molar-refractivity contribution in [3.05, 3.63) is 89.0 Å². The van der Waals surface area contributed by atoms with E-state index in [1.165, 1.54) is 178 Å². The SMILES string of the molecule is CCCCCCCCCc1ccc(OP(=O)(Oc2ccccc2)Oc2ccc(CCCCCCCCC)cc2CCCCCCCCC)c(CCCCCCCCC)c1. The maximum atomic E-state index is 15.1. The van der Waals surface area contributed by atoms with E-state index in [0.29, 0.717) is 17.2 Å². The quantitative estimate of drug-likeness (QED) is 0.0426. The van der Waals surface area contributed by atoms with Gasteiger partial charge in [-0.05, 0) is 97.9 Å². The molecule has 0 aliphatic carbocycles. The van der Waals surface area contributed by atoms with E-state index in [1.807, 2.05) is 42.5 Å². The number of rotatable bonds is 38. The minimum atomic E-state index is -4.16. The lowest BCUT2D eigenvalue weighted by atomic mass is 9.99. The maximum absolute atomic E-state index is 15.1. The molecule has 0 heterocycles. The first-order chi connectivity index (χ1) is 29.0. The fourth-order valence-electron chi connectivity index (χ4n) is 8.17. The van der Waals surface area contributed by atoms with Gasteiger partial charge in [0.25, 0.3) is 0 Å². The van der Waals surface area contributed by atoms with Gasteiger partial charge in [0.05, 0.1) is 0 Å². The third kappa shape index (κ3) is 23.2. The lowest BCUT2D eigenvalue weighted by Crippen LogP contribution is -2.10. The van der Waals surface area contributed by atoms with E-state index in [1.54, 1.807) is 0 Å². The highest BCUT2D eigenvalue weighted by Crippen LogP contribution is 2.51. The fraction of sp³-hybridized carbons (Fsp3) is 0.667. The topological polar surface area (TPSA) is 44.8 Å². The molecule has 0 bridgehead atoms. The van der Waals surface area contributed by atoms with E-state index < -0.39 is 7.82 Å². The third-order valence-electron chi connectivity index (χ3n) is 11.9. The summed E-state index contributed by atoms with van der Waals surface area (Å²) in [5, 5.41) is 0. The molecule has 0 unspecified atom stereocenters. The van der Waals surface area contributed by atoms with Crippen molar-refractivity contribution in [3.63, 3.8) is 0 Å². The zero-order chi connectivity index (χ0) is 42.1. The molecule has 0 saturated heterocycles. The zero-order valence-electron chi connectivity index (χ0n) is 38.6. The second-order valence-corrected chi connectivity index (χ2v) is 18.8. The summed E-state index contributed by atoms with van der Waals surface area (Å²) < 4.78 is 34.6. The van der Waals surface area contributed by atoms with Crippen molar-refractivity contribution in [2.45, 2.75) is 233 Å². The van der Waals surface area contributed by atoms with E-state index in [2.05, 4.69) is 52.0 Å². The van der Waals surface area contributed by atoms with Crippen LogP contribution in [0.15, 0.2) is 66.7 Å². The number of para-hydroxylation sites is 1. The number of hydrogen-bond donors (Lipinski definition) is 0. The first-order valence-corrected chi connectivity index (χ1v) is 26.4. The Hall–Kier alpha value is -2.71. The van der Waals surface area contributed by atoms with Gasteiger partial charge in [0, 0.05) is 0 Å². The number of phosphoric acid groups is 1. The molecule has 3 rings (SSSR count). The van der Waals surface area contributed by atoms with Gasteiger partial charge in [-0.2, -0.15) is 4.57 Å². The molecule has 59 heavy (non-hydrogen) atoms. The predicted octanol–water partition coefficient (Wildman–Crippen LogP) is 18.5. The van der Waals surface area contributed by atoms with E-state index in [9.17, 15) is 0 Å². The molecule has 0 N–H and O–H groups in total. The lowest BCUT2D eigenvalue weighted by Gasteiger charge is -2.23. The van der Waals surface area contributed by atoms with Crippen LogP contribution in [0.2, 0.25) is 0 Å². The first-order valence-electron chi connectivity index (χ1n) is 25.0. The Kier molecular flexibility index (Phi) is 28.3. The van der Waals surface area contributed by atoms with Crippen LogP contribution in [-0.2, 0) is 30.2 Å². The van der Waals surface area contributed by atoms with E-state index in [-0.39, 0.29) is 0 Å². The van der Waals surface area contributed by atoms with Crippen molar-refractivity contribution in [2.75, 3.05) is 0 Å². The molecule has 4 nitrogen and oxygen atoms in total. The monoisotopic (exact) mass is 831 g/mol. The van der Waals surface area contributed by atoms with Crippen molar-refractivity contribution in [3.8, 4) is 17.2 Å². The molecule has 0 aromatic heterocycles. The minimum Gasteiger partial charge on any atom is -0.386 e. The van der Waals surface area contributed by atoms with Gasteiger partial charge in [-0.15, -0.1) is 0 Å². The summed E-state index contributed by atoms with van der Waals surface area (Å²) in [5.74, 6) is 1.70. The average Bonchev–Trinajstić information content (AvgIpc) is 3.24. The molecule has 3 aromatic rings. The maximum Gasteiger partial charge on any atom is 0.647 e. The Labute approximate surface area is 364 Å². The van der Waals surface area contributed by atoms with Gasteiger partial charge in [0.1, 0.15) is 17.2 Å². The second-order valence-electron chi connectivity index (χ2n) is 17.4. The Bertz CT molecular complexity index is 1410. The summed E-state index contributed by atoms with van der Waals surface area (Å²) in [7, 11) is -4.16. The van der Waals surface area contributed by atoms with Crippen LogP contribution in [0.3, 0.4) is 0 Å². The van der Waals surface area contributed by atoms with Gasteiger partial charge in [0.2, 0.25) is 0 Å². The summed E-state index contributed by atoms with van der Waals surface area (Å²) in [4.78, 5) is 0. The van der Waals surface area contributed by atoms with Gasteiger partial charge in [-0.3, -0.25) is 0 Å². The van der Waals surface area contributed by atoms with Gasteiger partial charge in [-0.1, -0.05) is 224 Å². The van der Waals surface area contributed by atoms with Crippen LogP contribution in [0.25, 0.3) is 0 Å². The Balaban J connectivity index is 1.85. The van der Waals surface area contributed by atoms with Crippen molar-refractivity contribution in [1.29, 1.82) is 0 Å². The third-order valence-corrected chi connectivity index (χ3v) is 13.1. The number of benzene rings is 3. The molecule has 0 atom stereocenters. The van der Waals surface area contributed by atoms with Gasteiger partial charge < -0.3 is 13.6 Å². The normalized spacial score (nSPS) is 11.6. The highest BCUT2D eigenvalue weighted by atomic mass is 31.2. The summed E-state index contributed by atoms with van der Waals surface area (Å²) >= 11 is 0. The summed E-state index contributed by atoms with van der Waals surface area (Å²) in [5.41, 5.74) is 4.87. The summed E-state index contributed by atoms with van der Waals surface area (Å²) in [6, 6.07) is 22.4. The Morgan fingerprint density at radius 1 is 0.356 bits per heavy atom. The highest BCUT2D eigenvalue weighted by molar-refractivity contribution is 7.49. The first kappa shape index (κ1) is 50.6. The van der Waals surface area contributed by atoms with Crippen LogP contribution in [0.1, 0.15) is 230 Å². The van der Waals surface area contributed by atoms with Gasteiger partial charge in [-0.25, -0.2) is 0 Å². The van der Waals surface area contributed by atoms with Gasteiger partial charge in [0.15, 0.2) is 0 Å². The smallest absolute Gasteiger partial charge is 0.386 e. The molecule has 5 heteroatoms. The van der Waals surface area contributed by atoms with Crippen molar-refractivity contribution in [2.24, 2.45) is 0 Å². The summed E-state index contributed by atoms with van der Waals surface area (Å²) in [6.45, 7) is 9.10. The highest BCUT2D eigenvalue weighted by Gasteiger charge is 2.35. The van der Waals surface area contributed by atoms with Crippen molar-refractivity contribution >= 4 is 7.82 Å². The molecule has 0 aliphatic rings. The zero-order valence-corrected chi connectivity index (χ0v) is 39.5. The van der Waals surface area contributed by atoms with Crippen LogP contribution in [0, 0.1) is 0 Å². The number of phosphoric ester groups is 1. The fourth-order valence-corrected chi connectivity index (χ4v) is 9.50. The molecule has 0 saturated carbocycles. The van der Waals surface area contributed by atoms with E-state index in [0.717, 1.165) is 49.7 Å². The molecular weight excluding hydrogens is 744 g/mol. The Morgan fingerprint density at radius 3 is 1.03 bits per heavy atom. The van der Waals surface area contributed by atoms with Crippen LogP contribution in [-0.4, -0.2) is 0 Å². The van der Waals surface area contributed by atoms with E-state index >= 15 is 4.57 Å². The molecule has 0 amide bonds. The van der Waals surface area contributed by atoms with E-state index in [4.69, 9.17) is 13.6 Å². The van der Waals surface area contributed by atoms with Crippen LogP contribution >= 0.6 is 7.82 Å². The molecule has 332 valence electrons.